The molecule has 112 valence electrons. The normalized spacial score (nSPS) is 19.4. The average Bonchev–Trinajstić information content (AvgIpc) is 2.90. The zero-order valence-corrected chi connectivity index (χ0v) is 13.0. The monoisotopic (exact) mass is 276 g/mol. The van der Waals surface area contributed by atoms with Crippen LogP contribution in [0, 0.1) is 6.92 Å². The van der Waals surface area contributed by atoms with Crippen LogP contribution in [0.4, 0.5) is 5.82 Å². The molecule has 1 aromatic rings. The molecule has 0 aromatic carbocycles. The molecule has 1 aliphatic rings. The molecule has 1 aromatic heterocycles. The molecule has 1 atom stereocenters. The summed E-state index contributed by atoms with van der Waals surface area (Å²) in [5.41, 5.74) is 15.1. The summed E-state index contributed by atoms with van der Waals surface area (Å²) in [6.07, 6.45) is 6.58. The Morgan fingerprint density at radius 1 is 1.30 bits per heavy atom. The van der Waals surface area contributed by atoms with Crippen molar-refractivity contribution in [3.05, 3.63) is 23.4 Å². The number of aryl methyl sites for hydroxylation is 1. The highest BCUT2D eigenvalue weighted by molar-refractivity contribution is 5.47. The van der Waals surface area contributed by atoms with Gasteiger partial charge < -0.3 is 11.5 Å². The third-order valence-corrected chi connectivity index (χ3v) is 4.99. The summed E-state index contributed by atoms with van der Waals surface area (Å²) in [7, 11) is 0. The summed E-state index contributed by atoms with van der Waals surface area (Å²) in [4.78, 5) is 6.78. The number of rotatable bonds is 5. The number of nitrogens with zero attached hydrogens (tertiary/aromatic N) is 2. The highest BCUT2D eigenvalue weighted by Crippen LogP contribution is 2.44. The van der Waals surface area contributed by atoms with E-state index < -0.39 is 0 Å². The largest absolute Gasteiger partial charge is 0.383 e. The second-order valence-corrected chi connectivity index (χ2v) is 5.89. The molecule has 0 radical (unpaired) electrons. The van der Waals surface area contributed by atoms with Crippen molar-refractivity contribution in [2.24, 2.45) is 5.73 Å². The first-order valence-electron chi connectivity index (χ1n) is 7.78. The highest BCUT2D eigenvalue weighted by Gasteiger charge is 2.45. The van der Waals surface area contributed by atoms with Gasteiger partial charge in [0.05, 0.1) is 6.04 Å². The van der Waals surface area contributed by atoms with Gasteiger partial charge in [0.25, 0.3) is 0 Å². The van der Waals surface area contributed by atoms with Gasteiger partial charge in [-0.2, -0.15) is 0 Å². The van der Waals surface area contributed by atoms with Crippen molar-refractivity contribution in [2.75, 3.05) is 18.8 Å². The Hall–Kier alpha value is -1.13. The zero-order valence-electron chi connectivity index (χ0n) is 13.0. The summed E-state index contributed by atoms with van der Waals surface area (Å²) >= 11 is 0. The van der Waals surface area contributed by atoms with E-state index >= 15 is 0 Å². The number of nitrogens with two attached hydrogens (primary N) is 2. The molecule has 0 spiro atoms. The molecule has 4 nitrogen and oxygen atoms in total. The molecule has 0 aliphatic heterocycles. The second kappa shape index (κ2) is 6.10. The number of aromatic nitrogens is 1. The van der Waals surface area contributed by atoms with Crippen LogP contribution >= 0.6 is 0 Å². The van der Waals surface area contributed by atoms with E-state index in [2.05, 4.69) is 30.7 Å². The van der Waals surface area contributed by atoms with Crippen LogP contribution in [-0.2, 0) is 0 Å². The van der Waals surface area contributed by atoms with Gasteiger partial charge in [0.2, 0.25) is 0 Å². The number of hydrogen-bond acceptors (Lipinski definition) is 4. The minimum Gasteiger partial charge on any atom is -0.383 e. The molecular weight excluding hydrogens is 248 g/mol. The van der Waals surface area contributed by atoms with Crippen molar-refractivity contribution in [1.82, 2.24) is 9.88 Å². The van der Waals surface area contributed by atoms with Crippen molar-refractivity contribution < 1.29 is 0 Å². The number of likely N-dealkylation sites (N-methyl/N-ethyl adjacent to an activating group) is 1. The minimum absolute atomic E-state index is 0.0470. The lowest BCUT2D eigenvalue weighted by atomic mass is 9.81. The number of anilines is 1. The highest BCUT2D eigenvalue weighted by atomic mass is 15.2. The minimum atomic E-state index is -0.0569. The first kappa shape index (κ1) is 15.3. The summed E-state index contributed by atoms with van der Waals surface area (Å²) in [5, 5.41) is 0. The average molecular weight is 276 g/mol. The van der Waals surface area contributed by atoms with Crippen LogP contribution in [0.15, 0.2) is 12.3 Å². The van der Waals surface area contributed by atoms with Crippen LogP contribution in [0.2, 0.25) is 0 Å². The summed E-state index contributed by atoms with van der Waals surface area (Å²) in [6, 6.07) is 1.95. The summed E-state index contributed by atoms with van der Waals surface area (Å²) in [6.45, 7) is 8.58. The predicted octanol–water partition coefficient (Wildman–Crippen LogP) is 2.63. The molecule has 4 N–H and O–H groups in total. The zero-order chi connectivity index (χ0) is 14.8. The van der Waals surface area contributed by atoms with Crippen molar-refractivity contribution >= 4 is 5.82 Å². The SMILES string of the molecule is CCN(CC)C1(C(N)c2c(C)ccnc2N)CCCC1. The Bertz CT molecular complexity index is 428. The summed E-state index contributed by atoms with van der Waals surface area (Å²) < 4.78 is 0. The predicted molar refractivity (Wildman–Crippen MR) is 84.4 cm³/mol. The van der Waals surface area contributed by atoms with Crippen molar-refractivity contribution in [1.29, 1.82) is 0 Å². The number of pyridine rings is 1. The van der Waals surface area contributed by atoms with Crippen molar-refractivity contribution in [3.63, 3.8) is 0 Å². The van der Waals surface area contributed by atoms with Gasteiger partial charge in [0.15, 0.2) is 0 Å². The molecule has 1 aliphatic carbocycles. The van der Waals surface area contributed by atoms with Gasteiger partial charge in [-0.3, -0.25) is 4.90 Å². The Kier molecular flexibility index (Phi) is 4.66. The lowest BCUT2D eigenvalue weighted by Gasteiger charge is -2.45. The van der Waals surface area contributed by atoms with Gasteiger partial charge in [-0.15, -0.1) is 0 Å². The van der Waals surface area contributed by atoms with Crippen LogP contribution in [0.25, 0.3) is 0 Å². The first-order chi connectivity index (χ1) is 9.56. The maximum atomic E-state index is 6.73. The van der Waals surface area contributed by atoms with Crippen molar-refractivity contribution in [3.8, 4) is 0 Å². The maximum Gasteiger partial charge on any atom is 0.128 e. The van der Waals surface area contributed by atoms with E-state index in [0.29, 0.717) is 5.82 Å². The smallest absolute Gasteiger partial charge is 0.128 e. The van der Waals surface area contributed by atoms with Gasteiger partial charge in [0.1, 0.15) is 5.82 Å². The molecule has 0 bridgehead atoms. The van der Waals surface area contributed by atoms with Gasteiger partial charge >= 0.3 is 0 Å². The van der Waals surface area contributed by atoms with Crippen LogP contribution in [0.5, 0.6) is 0 Å². The molecule has 20 heavy (non-hydrogen) atoms. The van der Waals surface area contributed by atoms with E-state index in [1.165, 1.54) is 12.8 Å². The van der Waals surface area contributed by atoms with Crippen LogP contribution in [0.1, 0.15) is 56.7 Å². The van der Waals surface area contributed by atoms with E-state index in [1.807, 2.05) is 6.07 Å². The Morgan fingerprint density at radius 3 is 2.40 bits per heavy atom. The fourth-order valence-electron chi connectivity index (χ4n) is 3.93. The molecule has 1 fully saturated rings. The summed E-state index contributed by atoms with van der Waals surface area (Å²) in [5.74, 6) is 0.593. The van der Waals surface area contributed by atoms with Crippen molar-refractivity contribution in [2.45, 2.75) is 58.0 Å². The molecule has 1 heterocycles. The molecule has 4 heteroatoms. The Balaban J connectivity index is 2.44. The molecule has 1 unspecified atom stereocenters. The van der Waals surface area contributed by atoms with Crippen LogP contribution in [-0.4, -0.2) is 28.5 Å². The van der Waals surface area contributed by atoms with Gasteiger partial charge in [-0.25, -0.2) is 4.98 Å². The van der Waals surface area contributed by atoms with E-state index in [9.17, 15) is 0 Å². The third kappa shape index (κ3) is 2.42. The standard InChI is InChI=1S/C16H28N4/c1-4-20(5-2)16(9-6-7-10-16)14(17)13-12(3)8-11-19-15(13)18/h8,11,14H,4-7,9-10,17H2,1-3H3,(H2,18,19). The number of hydrogen-bond donors (Lipinski definition) is 2. The third-order valence-electron chi connectivity index (χ3n) is 4.99. The van der Waals surface area contributed by atoms with Gasteiger partial charge in [-0.1, -0.05) is 26.7 Å². The fourth-order valence-corrected chi connectivity index (χ4v) is 3.93. The lowest BCUT2D eigenvalue weighted by Crippen LogP contribution is -2.54. The molecule has 0 saturated heterocycles. The van der Waals surface area contributed by atoms with E-state index in [-0.39, 0.29) is 11.6 Å². The Labute approximate surface area is 122 Å². The van der Waals surface area contributed by atoms with E-state index in [1.54, 1.807) is 6.20 Å². The molecule has 0 amide bonds. The fraction of sp³-hybridized carbons (Fsp3) is 0.688. The molecule has 2 rings (SSSR count). The van der Waals surface area contributed by atoms with Crippen LogP contribution in [0.3, 0.4) is 0 Å². The number of nitrogen functional groups attached to an aromatic ring is 1. The Morgan fingerprint density at radius 2 is 1.90 bits per heavy atom. The molecule has 1 saturated carbocycles. The first-order valence-corrected chi connectivity index (χ1v) is 7.78. The topological polar surface area (TPSA) is 68.2 Å². The van der Waals surface area contributed by atoms with Gasteiger partial charge in [0, 0.05) is 17.3 Å². The molecular formula is C16H28N4. The van der Waals surface area contributed by atoms with Gasteiger partial charge in [-0.05, 0) is 44.5 Å². The lowest BCUT2D eigenvalue weighted by molar-refractivity contribution is 0.0769. The second-order valence-electron chi connectivity index (χ2n) is 5.89. The quantitative estimate of drug-likeness (QED) is 0.867. The maximum absolute atomic E-state index is 6.73. The van der Waals surface area contributed by atoms with Crippen LogP contribution < -0.4 is 11.5 Å². The van der Waals surface area contributed by atoms with E-state index in [0.717, 1.165) is 37.1 Å². The van der Waals surface area contributed by atoms with E-state index in [4.69, 9.17) is 11.5 Å².